The molecule has 0 atom stereocenters. The molecule has 0 fully saturated rings. The summed E-state index contributed by atoms with van der Waals surface area (Å²) in [5.41, 5.74) is 2.23. The fourth-order valence-corrected chi connectivity index (χ4v) is 1.90. The van der Waals surface area contributed by atoms with Crippen LogP contribution in [0.4, 0.5) is 5.69 Å². The quantitative estimate of drug-likeness (QED) is 0.787. The molecule has 0 bridgehead atoms. The van der Waals surface area contributed by atoms with Crippen LogP contribution < -0.4 is 10.1 Å². The molecule has 0 unspecified atom stereocenters. The van der Waals surface area contributed by atoms with Crippen molar-refractivity contribution in [3.05, 3.63) is 60.9 Å². The van der Waals surface area contributed by atoms with Gasteiger partial charge in [0, 0.05) is 18.4 Å². The van der Waals surface area contributed by atoms with Gasteiger partial charge in [0.05, 0.1) is 19.3 Å². The van der Waals surface area contributed by atoms with Gasteiger partial charge in [0.1, 0.15) is 5.75 Å². The lowest BCUT2D eigenvalue weighted by Crippen LogP contribution is -2.07. The van der Waals surface area contributed by atoms with Gasteiger partial charge in [-0.05, 0) is 24.3 Å². The number of hydrogen-bond acceptors (Lipinski definition) is 2. The number of aromatic nitrogens is 1. The first-order chi connectivity index (χ1) is 8.85. The average molecular weight is 242 g/mol. The van der Waals surface area contributed by atoms with E-state index < -0.39 is 0 Å². The Balaban J connectivity index is 2.06. The normalized spacial score (nSPS) is 10.1. The first-order valence-corrected chi connectivity index (χ1v) is 5.97. The maximum Gasteiger partial charge on any atom is 0.141 e. The topological polar surface area (TPSA) is 26.2 Å². The van der Waals surface area contributed by atoms with Crippen molar-refractivity contribution < 1.29 is 4.74 Å². The number of anilines is 1. The highest BCUT2D eigenvalue weighted by Crippen LogP contribution is 2.23. The van der Waals surface area contributed by atoms with Crippen molar-refractivity contribution >= 4 is 5.69 Å². The lowest BCUT2D eigenvalue weighted by Gasteiger charge is -2.12. The molecule has 0 amide bonds. The Morgan fingerprint density at radius 3 is 2.89 bits per heavy atom. The zero-order chi connectivity index (χ0) is 12.8. The second-order valence-corrected chi connectivity index (χ2v) is 3.99. The van der Waals surface area contributed by atoms with Gasteiger partial charge in [0.15, 0.2) is 0 Å². The highest BCUT2D eigenvalue weighted by Gasteiger charge is 2.03. The third kappa shape index (κ3) is 2.74. The van der Waals surface area contributed by atoms with Crippen LogP contribution in [0.5, 0.6) is 5.75 Å². The fraction of sp³-hybridized carbons (Fsp3) is 0.200. The van der Waals surface area contributed by atoms with Crippen LogP contribution >= 0.6 is 0 Å². The highest BCUT2D eigenvalue weighted by atomic mass is 16.5. The van der Waals surface area contributed by atoms with Crippen molar-refractivity contribution in [1.29, 1.82) is 0 Å². The number of benzene rings is 1. The number of methoxy groups -OCH3 is 1. The van der Waals surface area contributed by atoms with Crippen LogP contribution in [-0.2, 0) is 13.1 Å². The SMILES string of the molecule is C=CCn1cccc1CNc1ccccc1OC. The minimum Gasteiger partial charge on any atom is -0.495 e. The summed E-state index contributed by atoms with van der Waals surface area (Å²) in [7, 11) is 1.68. The Morgan fingerprint density at radius 2 is 2.11 bits per heavy atom. The van der Waals surface area contributed by atoms with Gasteiger partial charge in [0.25, 0.3) is 0 Å². The Bertz CT molecular complexity index is 517. The van der Waals surface area contributed by atoms with E-state index in [2.05, 4.69) is 28.7 Å². The van der Waals surface area contributed by atoms with Crippen molar-refractivity contribution in [3.63, 3.8) is 0 Å². The van der Waals surface area contributed by atoms with Gasteiger partial charge >= 0.3 is 0 Å². The zero-order valence-electron chi connectivity index (χ0n) is 10.6. The van der Waals surface area contributed by atoms with Crippen LogP contribution in [0.1, 0.15) is 5.69 Å². The van der Waals surface area contributed by atoms with E-state index in [4.69, 9.17) is 4.74 Å². The van der Waals surface area contributed by atoms with Crippen molar-refractivity contribution in [2.45, 2.75) is 13.1 Å². The summed E-state index contributed by atoms with van der Waals surface area (Å²) in [5, 5.41) is 3.39. The van der Waals surface area contributed by atoms with Crippen LogP contribution in [-0.4, -0.2) is 11.7 Å². The molecule has 94 valence electrons. The molecular formula is C15H18N2O. The van der Waals surface area contributed by atoms with Gasteiger partial charge < -0.3 is 14.6 Å². The summed E-state index contributed by atoms with van der Waals surface area (Å²) < 4.78 is 7.47. The molecule has 2 aromatic rings. The van der Waals surface area contributed by atoms with Crippen molar-refractivity contribution in [2.24, 2.45) is 0 Å². The van der Waals surface area contributed by atoms with E-state index in [1.165, 1.54) is 5.69 Å². The molecule has 3 heteroatoms. The summed E-state index contributed by atoms with van der Waals surface area (Å²) in [6.07, 6.45) is 3.95. The van der Waals surface area contributed by atoms with Crippen molar-refractivity contribution in [1.82, 2.24) is 4.57 Å². The first-order valence-electron chi connectivity index (χ1n) is 5.97. The smallest absolute Gasteiger partial charge is 0.141 e. The Kier molecular flexibility index (Phi) is 4.07. The van der Waals surface area contributed by atoms with E-state index in [9.17, 15) is 0 Å². The van der Waals surface area contributed by atoms with E-state index in [0.29, 0.717) is 0 Å². The average Bonchev–Trinajstić information content (AvgIpc) is 2.84. The Labute approximate surface area is 108 Å². The minimum absolute atomic E-state index is 0.765. The third-order valence-corrected chi connectivity index (χ3v) is 2.82. The largest absolute Gasteiger partial charge is 0.495 e. The van der Waals surface area contributed by atoms with E-state index in [0.717, 1.165) is 24.5 Å². The molecule has 1 aromatic heterocycles. The van der Waals surface area contributed by atoms with Gasteiger partial charge in [-0.3, -0.25) is 0 Å². The Morgan fingerprint density at radius 1 is 1.28 bits per heavy atom. The monoisotopic (exact) mass is 242 g/mol. The predicted molar refractivity (Wildman–Crippen MR) is 74.9 cm³/mol. The number of allylic oxidation sites excluding steroid dienone is 1. The zero-order valence-corrected chi connectivity index (χ0v) is 10.6. The molecular weight excluding hydrogens is 224 g/mol. The molecule has 2 rings (SSSR count). The summed E-state index contributed by atoms with van der Waals surface area (Å²) in [4.78, 5) is 0. The summed E-state index contributed by atoms with van der Waals surface area (Å²) in [6, 6.07) is 12.1. The molecule has 0 aliphatic rings. The van der Waals surface area contributed by atoms with Crippen LogP contribution in [0, 0.1) is 0 Å². The van der Waals surface area contributed by atoms with Gasteiger partial charge in [-0.1, -0.05) is 18.2 Å². The van der Waals surface area contributed by atoms with Crippen molar-refractivity contribution in [3.8, 4) is 5.75 Å². The second kappa shape index (κ2) is 5.96. The predicted octanol–water partition coefficient (Wildman–Crippen LogP) is 3.29. The fourth-order valence-electron chi connectivity index (χ4n) is 1.90. The second-order valence-electron chi connectivity index (χ2n) is 3.99. The van der Waals surface area contributed by atoms with E-state index in [1.54, 1.807) is 7.11 Å². The number of hydrogen-bond donors (Lipinski definition) is 1. The molecule has 0 saturated heterocycles. The standard InChI is InChI=1S/C15H18N2O/c1-3-10-17-11-6-7-13(17)12-16-14-8-4-5-9-15(14)18-2/h3-9,11,16H,1,10,12H2,2H3. The molecule has 3 nitrogen and oxygen atoms in total. The summed E-state index contributed by atoms with van der Waals surface area (Å²) >= 11 is 0. The summed E-state index contributed by atoms with van der Waals surface area (Å²) in [5.74, 6) is 0.860. The molecule has 18 heavy (non-hydrogen) atoms. The minimum atomic E-state index is 0.765. The number of nitrogens with one attached hydrogen (secondary N) is 1. The van der Waals surface area contributed by atoms with Crippen molar-refractivity contribution in [2.75, 3.05) is 12.4 Å². The lowest BCUT2D eigenvalue weighted by molar-refractivity contribution is 0.416. The Hall–Kier alpha value is -2.16. The van der Waals surface area contributed by atoms with Crippen LogP contribution in [0.15, 0.2) is 55.3 Å². The number of rotatable bonds is 6. The molecule has 1 heterocycles. The van der Waals surface area contributed by atoms with E-state index in [-0.39, 0.29) is 0 Å². The molecule has 1 aromatic carbocycles. The van der Waals surface area contributed by atoms with E-state index in [1.807, 2.05) is 36.4 Å². The summed E-state index contributed by atoms with van der Waals surface area (Å²) in [6.45, 7) is 5.36. The van der Waals surface area contributed by atoms with Gasteiger partial charge in [-0.2, -0.15) is 0 Å². The van der Waals surface area contributed by atoms with Gasteiger partial charge in [0.2, 0.25) is 0 Å². The third-order valence-electron chi connectivity index (χ3n) is 2.82. The number of ether oxygens (including phenoxy) is 1. The molecule has 0 spiro atoms. The van der Waals surface area contributed by atoms with Crippen LogP contribution in [0.2, 0.25) is 0 Å². The van der Waals surface area contributed by atoms with E-state index >= 15 is 0 Å². The van der Waals surface area contributed by atoms with Gasteiger partial charge in [-0.25, -0.2) is 0 Å². The maximum absolute atomic E-state index is 5.31. The van der Waals surface area contributed by atoms with Crippen LogP contribution in [0.3, 0.4) is 0 Å². The van der Waals surface area contributed by atoms with Gasteiger partial charge in [-0.15, -0.1) is 6.58 Å². The van der Waals surface area contributed by atoms with Crippen LogP contribution in [0.25, 0.3) is 0 Å². The molecule has 1 N–H and O–H groups in total. The molecule has 0 saturated carbocycles. The molecule has 0 radical (unpaired) electrons. The number of para-hydroxylation sites is 2. The maximum atomic E-state index is 5.31. The molecule has 0 aliphatic heterocycles. The highest BCUT2D eigenvalue weighted by molar-refractivity contribution is 5.56. The lowest BCUT2D eigenvalue weighted by atomic mass is 10.3. The number of nitrogens with zero attached hydrogens (tertiary/aromatic N) is 1. The first kappa shape index (κ1) is 12.3. The molecule has 0 aliphatic carbocycles.